The number of carboxylic acids is 1. The fraction of sp³-hybridized carbons (Fsp3) is 0.605. The summed E-state index contributed by atoms with van der Waals surface area (Å²) in [5.41, 5.74) is 0.206. The second kappa shape index (κ2) is 18.6. The van der Waals surface area contributed by atoms with E-state index >= 15 is 0 Å². The molecular weight excluding hydrogens is 699 g/mol. The van der Waals surface area contributed by atoms with Crippen LogP contribution in [0.3, 0.4) is 0 Å². The lowest BCUT2D eigenvalue weighted by Gasteiger charge is -2.53. The van der Waals surface area contributed by atoms with Gasteiger partial charge in [-0.3, -0.25) is 14.5 Å². The molecule has 0 saturated carbocycles. The number of rotatable bonds is 17. The van der Waals surface area contributed by atoms with Crippen molar-refractivity contribution < 1.29 is 38.2 Å². The first-order chi connectivity index (χ1) is 25.5. The van der Waals surface area contributed by atoms with Crippen LogP contribution >= 0.6 is 0 Å². The van der Waals surface area contributed by atoms with E-state index in [0.29, 0.717) is 30.4 Å². The number of anilines is 1. The van der Waals surface area contributed by atoms with Crippen molar-refractivity contribution in [3.05, 3.63) is 48.1 Å². The van der Waals surface area contributed by atoms with Crippen molar-refractivity contribution in [3.8, 4) is 11.6 Å². The molecule has 4 rings (SSSR count). The van der Waals surface area contributed by atoms with Crippen molar-refractivity contribution in [1.82, 2.24) is 34.9 Å². The number of hydrogen-bond donors (Lipinski definition) is 1. The Labute approximate surface area is 317 Å². The minimum atomic E-state index is -1.28. The number of aliphatic carboxylic acids is 1. The average molecular weight is 755 g/mol. The molecular formula is C38H55FN8O7. The van der Waals surface area contributed by atoms with Crippen LogP contribution in [0.15, 0.2) is 36.7 Å². The Kier molecular flexibility index (Phi) is 14.5. The zero-order valence-corrected chi connectivity index (χ0v) is 32.7. The molecule has 16 heteroatoms. The van der Waals surface area contributed by atoms with Crippen LogP contribution in [-0.4, -0.2) is 135 Å². The molecule has 1 atom stereocenters. The largest absolute Gasteiger partial charge is 0.478 e. The highest BCUT2D eigenvalue weighted by Crippen LogP contribution is 2.44. The Morgan fingerprint density at radius 1 is 1.02 bits per heavy atom. The Morgan fingerprint density at radius 2 is 1.72 bits per heavy atom. The SMILES string of the molecule is CC(C)C(CCCN(C)CCC(=O)N(C)OC(=O)/C=C/C(=O)O)N1CC2(CCN(c3ncnnc3Oc3ccc(F)cc3C(=O)N(C(C)C)C(C)C)C2)C1. The highest BCUT2D eigenvalue weighted by molar-refractivity contribution is 5.97. The summed E-state index contributed by atoms with van der Waals surface area (Å²) in [7, 11) is 3.27. The van der Waals surface area contributed by atoms with Crippen molar-refractivity contribution in [2.24, 2.45) is 11.3 Å². The summed E-state index contributed by atoms with van der Waals surface area (Å²) in [6.07, 6.45) is 5.85. The number of carboxylic acid groups (broad SMARTS) is 1. The zero-order valence-electron chi connectivity index (χ0n) is 32.7. The molecule has 0 bridgehead atoms. The quantitative estimate of drug-likeness (QED) is 0.180. The third-order valence-corrected chi connectivity index (χ3v) is 10.0. The molecule has 2 aliphatic rings. The van der Waals surface area contributed by atoms with Gasteiger partial charge in [-0.1, -0.05) is 13.8 Å². The third kappa shape index (κ3) is 10.9. The molecule has 2 saturated heterocycles. The van der Waals surface area contributed by atoms with Crippen LogP contribution in [0.1, 0.15) is 77.6 Å². The predicted octanol–water partition coefficient (Wildman–Crippen LogP) is 4.26. The van der Waals surface area contributed by atoms with Gasteiger partial charge < -0.3 is 29.4 Å². The van der Waals surface area contributed by atoms with Gasteiger partial charge in [-0.05, 0) is 84.7 Å². The standard InChI is InChI=1S/C38H55FN8O7/c1-25(2)30(10-9-17-43(7)18-15-32(48)44(8)54-34(51)14-13-33(49)50)46-22-38(23-46)16-19-45(21-38)35-36(42-41-24-40-35)53-31-12-11-28(39)20-29(31)37(52)47(26(3)4)27(5)6/h11-14,20,24-27,30H,9-10,15-19,21-23H2,1-8H3,(H,49,50)/b14-13+. The number of aromatic nitrogens is 3. The lowest BCUT2D eigenvalue weighted by atomic mass is 9.76. The summed E-state index contributed by atoms with van der Waals surface area (Å²) in [5.74, 6) is -2.13. The molecule has 0 radical (unpaired) electrons. The van der Waals surface area contributed by atoms with Gasteiger partial charge in [0, 0.05) is 81.9 Å². The Hall–Kier alpha value is -4.70. The molecule has 2 aromatic rings. The van der Waals surface area contributed by atoms with E-state index in [4.69, 9.17) is 14.7 Å². The van der Waals surface area contributed by atoms with Gasteiger partial charge in [0.05, 0.1) is 5.56 Å². The topological polar surface area (TPSA) is 162 Å². The molecule has 1 unspecified atom stereocenters. The number of hydrogen-bond acceptors (Lipinski definition) is 12. The van der Waals surface area contributed by atoms with Crippen LogP contribution in [0.5, 0.6) is 11.6 Å². The number of carbonyl (C=O) groups excluding carboxylic acids is 3. The molecule has 0 aliphatic carbocycles. The maximum atomic E-state index is 14.4. The summed E-state index contributed by atoms with van der Waals surface area (Å²) in [6.45, 7) is 16.9. The van der Waals surface area contributed by atoms with E-state index in [0.717, 1.165) is 63.1 Å². The first kappa shape index (κ1) is 42.0. The van der Waals surface area contributed by atoms with Gasteiger partial charge in [0.15, 0.2) is 5.82 Å². The molecule has 1 aromatic carbocycles. The predicted molar refractivity (Wildman–Crippen MR) is 199 cm³/mol. The molecule has 2 amide bonds. The van der Waals surface area contributed by atoms with Gasteiger partial charge in [0.1, 0.15) is 17.9 Å². The van der Waals surface area contributed by atoms with Crippen molar-refractivity contribution in [2.45, 2.75) is 85.4 Å². The maximum Gasteiger partial charge on any atom is 0.356 e. The fourth-order valence-corrected chi connectivity index (χ4v) is 7.45. The van der Waals surface area contributed by atoms with Crippen molar-refractivity contribution in [1.29, 1.82) is 0 Å². The monoisotopic (exact) mass is 754 g/mol. The van der Waals surface area contributed by atoms with E-state index in [1.54, 1.807) is 4.90 Å². The molecule has 3 heterocycles. The first-order valence-corrected chi connectivity index (χ1v) is 18.5. The second-order valence-corrected chi connectivity index (χ2v) is 15.3. The number of likely N-dealkylation sites (tertiary alicyclic amines) is 1. The highest BCUT2D eigenvalue weighted by atomic mass is 19.1. The molecule has 2 fully saturated rings. The Bertz CT molecular complexity index is 1660. The van der Waals surface area contributed by atoms with Gasteiger partial charge >= 0.3 is 11.9 Å². The van der Waals surface area contributed by atoms with Crippen LogP contribution < -0.4 is 9.64 Å². The van der Waals surface area contributed by atoms with E-state index < -0.39 is 17.8 Å². The lowest BCUT2D eigenvalue weighted by molar-refractivity contribution is -0.188. The summed E-state index contributed by atoms with van der Waals surface area (Å²) >= 11 is 0. The van der Waals surface area contributed by atoms with Crippen molar-refractivity contribution >= 4 is 29.6 Å². The smallest absolute Gasteiger partial charge is 0.356 e. The minimum Gasteiger partial charge on any atom is -0.478 e. The summed E-state index contributed by atoms with van der Waals surface area (Å²) < 4.78 is 20.7. The Balaban J connectivity index is 1.30. The summed E-state index contributed by atoms with van der Waals surface area (Å²) in [5, 5.41) is 17.7. The number of hydroxylamine groups is 2. The van der Waals surface area contributed by atoms with E-state index in [1.165, 1.54) is 31.6 Å². The van der Waals surface area contributed by atoms with Crippen LogP contribution in [0, 0.1) is 17.2 Å². The highest BCUT2D eigenvalue weighted by Gasteiger charge is 2.50. The molecule has 2 aliphatic heterocycles. The van der Waals surface area contributed by atoms with Crippen LogP contribution in [0.4, 0.5) is 10.2 Å². The molecule has 1 spiro atoms. The summed E-state index contributed by atoms with van der Waals surface area (Å²) in [4.78, 5) is 66.1. The van der Waals surface area contributed by atoms with Gasteiger partial charge in [-0.15, -0.1) is 10.2 Å². The molecule has 54 heavy (non-hydrogen) atoms. The average Bonchev–Trinajstić information content (AvgIpc) is 3.54. The van der Waals surface area contributed by atoms with Gasteiger partial charge in [0.25, 0.3) is 17.7 Å². The number of amides is 2. The van der Waals surface area contributed by atoms with Crippen LogP contribution in [0.2, 0.25) is 0 Å². The number of ether oxygens (including phenoxy) is 1. The number of benzene rings is 1. The van der Waals surface area contributed by atoms with Gasteiger partial charge in [-0.25, -0.2) is 19.0 Å². The van der Waals surface area contributed by atoms with Gasteiger partial charge in [-0.2, -0.15) is 5.06 Å². The fourth-order valence-electron chi connectivity index (χ4n) is 7.45. The van der Waals surface area contributed by atoms with E-state index in [2.05, 4.69) is 43.7 Å². The van der Waals surface area contributed by atoms with E-state index in [9.17, 15) is 23.6 Å². The second-order valence-electron chi connectivity index (χ2n) is 15.3. The third-order valence-electron chi connectivity index (χ3n) is 10.0. The summed E-state index contributed by atoms with van der Waals surface area (Å²) in [6, 6.07) is 4.10. The van der Waals surface area contributed by atoms with Gasteiger partial charge in [0.2, 0.25) is 0 Å². The van der Waals surface area contributed by atoms with Crippen molar-refractivity contribution in [2.75, 3.05) is 58.3 Å². The van der Waals surface area contributed by atoms with Crippen LogP contribution in [-0.2, 0) is 19.2 Å². The number of nitrogens with zero attached hydrogens (tertiary/aromatic N) is 8. The molecule has 296 valence electrons. The number of carbonyl (C=O) groups is 4. The minimum absolute atomic E-state index is 0.0947. The van der Waals surface area contributed by atoms with E-state index in [1.807, 2.05) is 34.7 Å². The maximum absolute atomic E-state index is 14.4. The zero-order chi connectivity index (χ0) is 39.7. The van der Waals surface area contributed by atoms with Crippen LogP contribution in [0.25, 0.3) is 0 Å². The molecule has 1 N–H and O–H groups in total. The number of halogens is 1. The normalized spacial score (nSPS) is 16.1. The van der Waals surface area contributed by atoms with Crippen molar-refractivity contribution in [3.63, 3.8) is 0 Å². The lowest BCUT2D eigenvalue weighted by Crippen LogP contribution is -2.62. The molecule has 15 nitrogen and oxygen atoms in total. The Morgan fingerprint density at radius 3 is 2.37 bits per heavy atom. The van der Waals surface area contributed by atoms with E-state index in [-0.39, 0.29) is 52.9 Å². The molecule has 1 aromatic heterocycles. The first-order valence-electron chi connectivity index (χ1n) is 18.5.